The van der Waals surface area contributed by atoms with Crippen LogP contribution in [0.2, 0.25) is 0 Å². The van der Waals surface area contributed by atoms with Crippen molar-refractivity contribution in [3.63, 3.8) is 0 Å². The fourth-order valence-corrected chi connectivity index (χ4v) is 1.91. The van der Waals surface area contributed by atoms with Crippen LogP contribution >= 0.6 is 11.6 Å². The van der Waals surface area contributed by atoms with Gasteiger partial charge < -0.3 is 9.05 Å². The van der Waals surface area contributed by atoms with Gasteiger partial charge in [-0.25, -0.2) is 5.11 Å². The first kappa shape index (κ1) is 14.6. The number of rotatable bonds is 4. The zero-order valence-corrected chi connectivity index (χ0v) is 11.5. The number of hydrogen-bond acceptors (Lipinski definition) is 5. The van der Waals surface area contributed by atoms with Crippen molar-refractivity contribution in [1.82, 2.24) is 15.3 Å². The van der Waals surface area contributed by atoms with Gasteiger partial charge in [0.05, 0.1) is 6.20 Å². The lowest BCUT2D eigenvalue weighted by atomic mass is 10.0. The molecule has 0 N–H and O–H groups in total. The standard InChI is InChI=1S/C13H7ClF2N3O3/c14-13(15,16)12-18-11(19-22-12)8-3-1-2-7(4-8)10(20)9-5-17-21-6-9/h1-6,10H. The van der Waals surface area contributed by atoms with Gasteiger partial charge in [-0.3, -0.25) is 0 Å². The normalized spacial score (nSPS) is 13.3. The van der Waals surface area contributed by atoms with Gasteiger partial charge in [-0.2, -0.15) is 13.8 Å². The van der Waals surface area contributed by atoms with Gasteiger partial charge >= 0.3 is 11.3 Å². The smallest absolute Gasteiger partial charge is 0.364 e. The Labute approximate surface area is 127 Å². The van der Waals surface area contributed by atoms with Gasteiger partial charge in [0, 0.05) is 11.1 Å². The van der Waals surface area contributed by atoms with Crippen LogP contribution in [-0.4, -0.2) is 15.3 Å². The van der Waals surface area contributed by atoms with E-state index in [0.717, 1.165) is 0 Å². The largest absolute Gasteiger partial charge is 0.400 e. The molecule has 3 aromatic rings. The number of nitrogens with zero attached hydrogens (tertiary/aromatic N) is 3. The third-order valence-corrected chi connectivity index (χ3v) is 3.03. The van der Waals surface area contributed by atoms with E-state index in [4.69, 9.17) is 11.6 Å². The molecule has 0 aliphatic carbocycles. The minimum Gasteiger partial charge on any atom is -0.364 e. The lowest BCUT2D eigenvalue weighted by Crippen LogP contribution is -2.03. The third kappa shape index (κ3) is 2.83. The van der Waals surface area contributed by atoms with Crippen LogP contribution in [-0.2, 0) is 10.5 Å². The second kappa shape index (κ2) is 5.47. The summed E-state index contributed by atoms with van der Waals surface area (Å²) in [4.78, 5) is 3.52. The van der Waals surface area contributed by atoms with Gasteiger partial charge in [0.1, 0.15) is 12.4 Å². The summed E-state index contributed by atoms with van der Waals surface area (Å²) < 4.78 is 34.8. The van der Waals surface area contributed by atoms with Gasteiger partial charge in [0.25, 0.3) is 0 Å². The Morgan fingerprint density at radius 1 is 1.27 bits per heavy atom. The Morgan fingerprint density at radius 2 is 2.09 bits per heavy atom. The van der Waals surface area contributed by atoms with Crippen LogP contribution in [0.1, 0.15) is 23.1 Å². The fraction of sp³-hybridized carbons (Fsp3) is 0.154. The Balaban J connectivity index is 1.93. The quantitative estimate of drug-likeness (QED) is 0.685. The summed E-state index contributed by atoms with van der Waals surface area (Å²) in [5, 5.41) is 15.4. The summed E-state index contributed by atoms with van der Waals surface area (Å²) in [6, 6.07) is 6.21. The molecule has 113 valence electrons. The van der Waals surface area contributed by atoms with E-state index in [1.54, 1.807) is 18.2 Å². The molecule has 1 radical (unpaired) electrons. The third-order valence-electron chi connectivity index (χ3n) is 2.87. The highest BCUT2D eigenvalue weighted by atomic mass is 35.5. The molecule has 22 heavy (non-hydrogen) atoms. The summed E-state index contributed by atoms with van der Waals surface area (Å²) in [7, 11) is 0. The predicted molar refractivity (Wildman–Crippen MR) is 68.5 cm³/mol. The molecule has 3 rings (SSSR count). The molecule has 9 heteroatoms. The van der Waals surface area contributed by atoms with E-state index in [1.807, 2.05) is 0 Å². The molecular weight excluding hydrogens is 320 g/mol. The summed E-state index contributed by atoms with van der Waals surface area (Å²) >= 11 is 4.81. The monoisotopic (exact) mass is 326 g/mol. The van der Waals surface area contributed by atoms with Crippen molar-refractivity contribution in [1.29, 1.82) is 0 Å². The first-order chi connectivity index (χ1) is 10.4. The lowest BCUT2D eigenvalue weighted by molar-refractivity contribution is 0.0551. The lowest BCUT2D eigenvalue weighted by Gasteiger charge is -2.06. The van der Waals surface area contributed by atoms with Crippen molar-refractivity contribution in [2.24, 2.45) is 0 Å². The number of hydrogen-bond donors (Lipinski definition) is 0. The van der Waals surface area contributed by atoms with Crippen LogP contribution < -0.4 is 0 Å². The molecule has 6 nitrogen and oxygen atoms in total. The molecule has 1 aromatic carbocycles. The number of benzene rings is 1. The molecule has 2 heterocycles. The van der Waals surface area contributed by atoms with Gasteiger partial charge in [-0.1, -0.05) is 28.5 Å². The maximum absolute atomic E-state index is 12.9. The zero-order valence-electron chi connectivity index (χ0n) is 10.7. The second-order valence-electron chi connectivity index (χ2n) is 4.38. The molecule has 0 bridgehead atoms. The maximum Gasteiger partial charge on any atom is 0.400 e. The molecule has 1 unspecified atom stereocenters. The number of aromatic nitrogens is 3. The maximum atomic E-state index is 12.9. The molecule has 0 saturated heterocycles. The highest BCUT2D eigenvalue weighted by Crippen LogP contribution is 2.32. The molecular formula is C13H7ClF2N3O3. The summed E-state index contributed by atoms with van der Waals surface area (Å²) in [6.45, 7) is 0. The first-order valence-corrected chi connectivity index (χ1v) is 6.39. The SMILES string of the molecule is [O]C(c1cnoc1)c1cccc(-c2noc(C(F)(F)Cl)n2)c1. The van der Waals surface area contributed by atoms with Gasteiger partial charge in [-0.15, -0.1) is 0 Å². The summed E-state index contributed by atoms with van der Waals surface area (Å²) in [6.07, 6.45) is 1.32. The predicted octanol–water partition coefficient (Wildman–Crippen LogP) is 3.53. The van der Waals surface area contributed by atoms with Crippen molar-refractivity contribution in [3.05, 3.63) is 53.7 Å². The molecule has 0 aliphatic heterocycles. The van der Waals surface area contributed by atoms with E-state index in [-0.39, 0.29) is 5.82 Å². The molecule has 0 spiro atoms. The van der Waals surface area contributed by atoms with Crippen molar-refractivity contribution < 1.29 is 22.9 Å². The van der Waals surface area contributed by atoms with Crippen molar-refractivity contribution in [3.8, 4) is 11.4 Å². The van der Waals surface area contributed by atoms with Crippen molar-refractivity contribution >= 4 is 11.6 Å². The van der Waals surface area contributed by atoms with Crippen LogP contribution in [0.15, 0.2) is 45.8 Å². The molecule has 0 saturated carbocycles. The summed E-state index contributed by atoms with van der Waals surface area (Å²) in [5.41, 5.74) is 1.08. The van der Waals surface area contributed by atoms with Crippen LogP contribution in [0.25, 0.3) is 11.4 Å². The minimum absolute atomic E-state index is 0.0882. The van der Waals surface area contributed by atoms with E-state index in [2.05, 4.69) is 24.3 Å². The molecule has 0 aliphatic rings. The van der Waals surface area contributed by atoms with Crippen molar-refractivity contribution in [2.45, 2.75) is 11.5 Å². The van der Waals surface area contributed by atoms with E-state index in [1.165, 1.54) is 18.5 Å². The highest BCUT2D eigenvalue weighted by molar-refractivity contribution is 6.21. The molecule has 0 fully saturated rings. The first-order valence-electron chi connectivity index (χ1n) is 6.01. The van der Waals surface area contributed by atoms with E-state index < -0.39 is 17.4 Å². The Hall–Kier alpha value is -2.32. The molecule has 0 amide bonds. The zero-order chi connectivity index (χ0) is 15.7. The number of halogens is 3. The Morgan fingerprint density at radius 3 is 2.73 bits per heavy atom. The molecule has 1 atom stereocenters. The average Bonchev–Trinajstić information content (AvgIpc) is 3.17. The highest BCUT2D eigenvalue weighted by Gasteiger charge is 2.35. The summed E-state index contributed by atoms with van der Waals surface area (Å²) in [5.74, 6) is -1.10. The van der Waals surface area contributed by atoms with Gasteiger partial charge in [0.15, 0.2) is 0 Å². The van der Waals surface area contributed by atoms with Gasteiger partial charge in [-0.05, 0) is 23.2 Å². The molecule has 2 aromatic heterocycles. The fourth-order valence-electron chi connectivity index (χ4n) is 1.83. The van der Waals surface area contributed by atoms with E-state index >= 15 is 0 Å². The van der Waals surface area contributed by atoms with Crippen LogP contribution in [0, 0.1) is 0 Å². The second-order valence-corrected chi connectivity index (χ2v) is 4.86. The van der Waals surface area contributed by atoms with E-state index in [9.17, 15) is 13.9 Å². The van der Waals surface area contributed by atoms with Gasteiger partial charge in [0.2, 0.25) is 5.82 Å². The van der Waals surface area contributed by atoms with Crippen LogP contribution in [0.5, 0.6) is 0 Å². The number of alkyl halides is 3. The topological polar surface area (TPSA) is 84.9 Å². The van der Waals surface area contributed by atoms with E-state index in [0.29, 0.717) is 16.7 Å². The van der Waals surface area contributed by atoms with Crippen molar-refractivity contribution in [2.75, 3.05) is 0 Å². The minimum atomic E-state index is -3.74. The van der Waals surface area contributed by atoms with Crippen LogP contribution in [0.3, 0.4) is 0 Å². The average molecular weight is 327 g/mol. The Kier molecular flexibility index (Phi) is 3.63. The Bertz CT molecular complexity index is 771. The van der Waals surface area contributed by atoms with Crippen LogP contribution in [0.4, 0.5) is 8.78 Å².